The topological polar surface area (TPSA) is 99.9 Å². The first kappa shape index (κ1) is 15.7. The quantitative estimate of drug-likeness (QED) is 0.512. The molecule has 0 aliphatic rings. The Morgan fingerprint density at radius 2 is 2.37 bits per heavy atom. The maximum absolute atomic E-state index is 11.4. The number of carbonyl (C=O) groups is 1. The molecule has 0 bridgehead atoms. The normalized spacial score (nSPS) is 9.89. The zero-order chi connectivity index (χ0) is 13.9. The number of hydrogen-bond acceptors (Lipinski definition) is 8. The number of hydrogen-bond donors (Lipinski definition) is 2. The summed E-state index contributed by atoms with van der Waals surface area (Å²) in [5.74, 6) is 0.169. The molecule has 0 unspecified atom stereocenters. The minimum absolute atomic E-state index is 0.107. The van der Waals surface area contributed by atoms with Gasteiger partial charge in [-0.1, -0.05) is 23.1 Å². The number of carbonyl (C=O) groups excluding carboxylic acids is 1. The summed E-state index contributed by atoms with van der Waals surface area (Å²) in [6.45, 7) is 1.66. The van der Waals surface area contributed by atoms with Gasteiger partial charge in [0.25, 0.3) is 0 Å². The molecule has 0 aromatic carbocycles. The number of nitrogens with zero attached hydrogens (tertiary/aromatic N) is 3. The summed E-state index contributed by atoms with van der Waals surface area (Å²) < 4.78 is 5.64. The van der Waals surface area contributed by atoms with Gasteiger partial charge in [-0.2, -0.15) is 5.26 Å². The Balaban J connectivity index is 2.22. The number of nitrogens with one attached hydrogen (secondary N) is 2. The predicted molar refractivity (Wildman–Crippen MR) is 74.2 cm³/mol. The van der Waals surface area contributed by atoms with Gasteiger partial charge in [0.2, 0.25) is 11.0 Å². The van der Waals surface area contributed by atoms with Crippen LogP contribution < -0.4 is 10.6 Å². The van der Waals surface area contributed by atoms with E-state index in [0.29, 0.717) is 31.2 Å². The van der Waals surface area contributed by atoms with E-state index in [2.05, 4.69) is 20.8 Å². The van der Waals surface area contributed by atoms with Crippen molar-refractivity contribution < 1.29 is 9.53 Å². The molecule has 19 heavy (non-hydrogen) atoms. The molecule has 104 valence electrons. The molecule has 1 amide bonds. The van der Waals surface area contributed by atoms with E-state index >= 15 is 0 Å². The summed E-state index contributed by atoms with van der Waals surface area (Å²) >= 11 is 2.72. The molecule has 0 fully saturated rings. The van der Waals surface area contributed by atoms with Gasteiger partial charge in [-0.05, 0) is 0 Å². The molecule has 1 heterocycles. The Bertz CT molecular complexity index is 432. The van der Waals surface area contributed by atoms with E-state index in [9.17, 15) is 4.79 Å². The van der Waals surface area contributed by atoms with Gasteiger partial charge in [-0.3, -0.25) is 4.79 Å². The molecule has 2 N–H and O–H groups in total. The zero-order valence-electron chi connectivity index (χ0n) is 10.5. The van der Waals surface area contributed by atoms with E-state index in [1.807, 2.05) is 6.07 Å². The standard InChI is InChI=1S/C10H15N5O2S2/c1-17-6-5-13-9-14-15-10(19-9)18-7-8(16)12-4-2-3-11/h2,4-7H2,1H3,(H,12,16)(H,13,14). The van der Waals surface area contributed by atoms with Crippen LogP contribution in [0.25, 0.3) is 0 Å². The van der Waals surface area contributed by atoms with Crippen LogP contribution in [0.1, 0.15) is 6.42 Å². The van der Waals surface area contributed by atoms with Crippen molar-refractivity contribution in [2.24, 2.45) is 0 Å². The number of methoxy groups -OCH3 is 1. The molecule has 1 aromatic heterocycles. The van der Waals surface area contributed by atoms with Crippen molar-refractivity contribution in [3.05, 3.63) is 0 Å². The lowest BCUT2D eigenvalue weighted by molar-refractivity contribution is -0.118. The lowest BCUT2D eigenvalue weighted by Gasteiger charge is -2.00. The van der Waals surface area contributed by atoms with Gasteiger partial charge >= 0.3 is 0 Å². The SMILES string of the molecule is COCCNc1nnc(SCC(=O)NCCC#N)s1. The predicted octanol–water partition coefficient (Wildman–Crippen LogP) is 0.718. The molecule has 1 rings (SSSR count). The van der Waals surface area contributed by atoms with Crippen molar-refractivity contribution in [3.63, 3.8) is 0 Å². The fraction of sp³-hybridized carbons (Fsp3) is 0.600. The highest BCUT2D eigenvalue weighted by Crippen LogP contribution is 2.24. The van der Waals surface area contributed by atoms with Crippen molar-refractivity contribution in [2.75, 3.05) is 37.9 Å². The summed E-state index contributed by atoms with van der Waals surface area (Å²) in [4.78, 5) is 11.4. The van der Waals surface area contributed by atoms with Gasteiger partial charge in [-0.15, -0.1) is 10.2 Å². The molecular weight excluding hydrogens is 286 g/mol. The Labute approximate surface area is 119 Å². The second-order valence-electron chi connectivity index (χ2n) is 3.34. The maximum Gasteiger partial charge on any atom is 0.230 e. The summed E-state index contributed by atoms with van der Waals surface area (Å²) in [6, 6.07) is 1.96. The molecule has 0 aliphatic heterocycles. The van der Waals surface area contributed by atoms with E-state index in [1.54, 1.807) is 7.11 Å². The third-order valence-electron chi connectivity index (χ3n) is 1.87. The number of rotatable bonds is 9. The fourth-order valence-corrected chi connectivity index (χ4v) is 2.64. The molecule has 0 saturated carbocycles. The molecule has 0 saturated heterocycles. The highest BCUT2D eigenvalue weighted by molar-refractivity contribution is 8.01. The third-order valence-corrected chi connectivity index (χ3v) is 3.89. The number of aromatic nitrogens is 2. The molecule has 0 atom stereocenters. The summed E-state index contributed by atoms with van der Waals surface area (Å²) in [5, 5.41) is 22.7. The average Bonchev–Trinajstić information content (AvgIpc) is 2.85. The molecule has 0 aliphatic carbocycles. The first-order chi connectivity index (χ1) is 9.26. The van der Waals surface area contributed by atoms with Crippen LogP contribution in [0, 0.1) is 11.3 Å². The molecule has 1 aromatic rings. The summed E-state index contributed by atoms with van der Waals surface area (Å²) in [6.07, 6.45) is 0.322. The molecule has 0 spiro atoms. The molecule has 7 nitrogen and oxygen atoms in total. The second-order valence-corrected chi connectivity index (χ2v) is 5.54. The molecule has 0 radical (unpaired) electrons. The Morgan fingerprint density at radius 3 is 3.11 bits per heavy atom. The maximum atomic E-state index is 11.4. The van der Waals surface area contributed by atoms with Crippen LogP contribution >= 0.6 is 23.1 Å². The van der Waals surface area contributed by atoms with Crippen LogP contribution in [0.15, 0.2) is 4.34 Å². The lowest BCUT2D eigenvalue weighted by Crippen LogP contribution is -2.25. The molecular formula is C10H15N5O2S2. The van der Waals surface area contributed by atoms with E-state index in [-0.39, 0.29) is 11.7 Å². The average molecular weight is 301 g/mol. The van der Waals surface area contributed by atoms with Crippen LogP contribution in [0.4, 0.5) is 5.13 Å². The smallest absolute Gasteiger partial charge is 0.230 e. The van der Waals surface area contributed by atoms with E-state index in [0.717, 1.165) is 4.34 Å². The number of ether oxygens (including phenoxy) is 1. The van der Waals surface area contributed by atoms with Crippen molar-refractivity contribution in [2.45, 2.75) is 10.8 Å². The van der Waals surface area contributed by atoms with Crippen molar-refractivity contribution in [1.29, 1.82) is 5.26 Å². The largest absolute Gasteiger partial charge is 0.383 e. The molecule has 9 heteroatoms. The Morgan fingerprint density at radius 1 is 1.53 bits per heavy atom. The zero-order valence-corrected chi connectivity index (χ0v) is 12.1. The summed E-state index contributed by atoms with van der Waals surface area (Å²) in [5.41, 5.74) is 0. The highest BCUT2D eigenvalue weighted by Gasteiger charge is 2.07. The van der Waals surface area contributed by atoms with Gasteiger partial charge in [0.1, 0.15) is 0 Å². The van der Waals surface area contributed by atoms with E-state index in [4.69, 9.17) is 10.00 Å². The van der Waals surface area contributed by atoms with Crippen LogP contribution in [-0.2, 0) is 9.53 Å². The van der Waals surface area contributed by atoms with E-state index in [1.165, 1.54) is 23.1 Å². The number of thioether (sulfide) groups is 1. The van der Waals surface area contributed by atoms with Crippen LogP contribution in [0.2, 0.25) is 0 Å². The van der Waals surface area contributed by atoms with Crippen LogP contribution in [0.5, 0.6) is 0 Å². The van der Waals surface area contributed by atoms with Gasteiger partial charge < -0.3 is 15.4 Å². The van der Waals surface area contributed by atoms with E-state index < -0.39 is 0 Å². The summed E-state index contributed by atoms with van der Waals surface area (Å²) in [7, 11) is 1.63. The second kappa shape index (κ2) is 9.55. The van der Waals surface area contributed by atoms with Gasteiger partial charge in [0.05, 0.1) is 24.8 Å². The van der Waals surface area contributed by atoms with Crippen LogP contribution in [0.3, 0.4) is 0 Å². The minimum atomic E-state index is -0.107. The van der Waals surface area contributed by atoms with Gasteiger partial charge in [0, 0.05) is 20.2 Å². The Kier molecular flexibility index (Phi) is 7.88. The highest BCUT2D eigenvalue weighted by atomic mass is 32.2. The lowest BCUT2D eigenvalue weighted by atomic mass is 10.4. The first-order valence-electron chi connectivity index (χ1n) is 5.59. The van der Waals surface area contributed by atoms with Gasteiger partial charge in [0.15, 0.2) is 4.34 Å². The van der Waals surface area contributed by atoms with Crippen molar-refractivity contribution >= 4 is 34.1 Å². The number of nitriles is 1. The number of amides is 1. The van der Waals surface area contributed by atoms with Crippen LogP contribution in [-0.4, -0.2) is 48.7 Å². The minimum Gasteiger partial charge on any atom is -0.383 e. The monoisotopic (exact) mass is 301 g/mol. The fourth-order valence-electron chi connectivity index (χ4n) is 1.04. The number of anilines is 1. The van der Waals surface area contributed by atoms with Gasteiger partial charge in [-0.25, -0.2) is 0 Å². The van der Waals surface area contributed by atoms with Crippen molar-refractivity contribution in [3.8, 4) is 6.07 Å². The first-order valence-corrected chi connectivity index (χ1v) is 7.39. The Hall–Kier alpha value is -1.37. The van der Waals surface area contributed by atoms with Crippen molar-refractivity contribution in [1.82, 2.24) is 15.5 Å². The third kappa shape index (κ3) is 6.95.